The van der Waals surface area contributed by atoms with Gasteiger partial charge in [0.2, 0.25) is 6.79 Å². The summed E-state index contributed by atoms with van der Waals surface area (Å²) in [5.74, 6) is 2.34. The van der Waals surface area contributed by atoms with Gasteiger partial charge >= 0.3 is 6.03 Å². The molecule has 1 aliphatic heterocycles. The van der Waals surface area contributed by atoms with E-state index in [1.54, 1.807) is 6.20 Å². The number of hydrogen-bond acceptors (Lipinski definition) is 4. The van der Waals surface area contributed by atoms with Crippen molar-refractivity contribution >= 4 is 6.03 Å². The predicted octanol–water partition coefficient (Wildman–Crippen LogP) is 2.91. The third-order valence-electron chi connectivity index (χ3n) is 4.41. The number of imidazole rings is 1. The van der Waals surface area contributed by atoms with Crippen molar-refractivity contribution in [3.8, 4) is 17.2 Å². The molecule has 1 aliphatic rings. The molecular weight excluding hydrogens is 344 g/mol. The highest BCUT2D eigenvalue weighted by Gasteiger charge is 2.13. The molecule has 0 fully saturated rings. The number of para-hydroxylation sites is 1. The summed E-state index contributed by atoms with van der Waals surface area (Å²) < 4.78 is 12.6. The van der Waals surface area contributed by atoms with Crippen LogP contribution in [0.3, 0.4) is 0 Å². The lowest BCUT2D eigenvalue weighted by Gasteiger charge is -2.13. The highest BCUT2D eigenvalue weighted by molar-refractivity contribution is 5.74. The number of carbonyl (C=O) groups is 1. The minimum atomic E-state index is -0.232. The molecule has 2 amide bonds. The normalized spacial score (nSPS) is 12.0. The maximum atomic E-state index is 12.2. The van der Waals surface area contributed by atoms with Crippen molar-refractivity contribution in [1.29, 1.82) is 0 Å². The molecule has 1 aromatic heterocycles. The van der Waals surface area contributed by atoms with Crippen LogP contribution in [0.2, 0.25) is 0 Å². The number of nitrogens with one attached hydrogen (secondary N) is 2. The van der Waals surface area contributed by atoms with Crippen molar-refractivity contribution in [1.82, 2.24) is 20.2 Å². The number of carbonyl (C=O) groups excluding carboxylic acids is 1. The summed E-state index contributed by atoms with van der Waals surface area (Å²) in [6.45, 7) is 3.01. The van der Waals surface area contributed by atoms with Gasteiger partial charge in [0, 0.05) is 25.5 Å². The van der Waals surface area contributed by atoms with E-state index in [1.807, 2.05) is 60.2 Å². The third-order valence-corrected chi connectivity index (χ3v) is 4.41. The number of ether oxygens (including phenoxy) is 2. The molecule has 0 saturated heterocycles. The Morgan fingerprint density at radius 2 is 1.93 bits per heavy atom. The van der Waals surface area contributed by atoms with E-state index in [9.17, 15) is 4.79 Å². The first-order valence-corrected chi connectivity index (χ1v) is 8.69. The molecule has 4 rings (SSSR count). The fourth-order valence-electron chi connectivity index (χ4n) is 3.00. The maximum Gasteiger partial charge on any atom is 0.315 e. The molecule has 7 nitrogen and oxygen atoms in total. The molecule has 2 heterocycles. The Balaban J connectivity index is 1.35. The summed E-state index contributed by atoms with van der Waals surface area (Å²) in [4.78, 5) is 16.5. The molecule has 7 heteroatoms. The van der Waals surface area contributed by atoms with Crippen LogP contribution in [0.25, 0.3) is 5.69 Å². The van der Waals surface area contributed by atoms with Crippen LogP contribution in [0.4, 0.5) is 4.79 Å². The van der Waals surface area contributed by atoms with Gasteiger partial charge in [0.25, 0.3) is 0 Å². The summed E-state index contributed by atoms with van der Waals surface area (Å²) in [5.41, 5.74) is 2.96. The lowest BCUT2D eigenvalue weighted by atomic mass is 10.1. The van der Waals surface area contributed by atoms with Gasteiger partial charge in [-0.3, -0.25) is 0 Å². The Hall–Kier alpha value is -3.48. The Labute approximate surface area is 156 Å². The van der Waals surface area contributed by atoms with Crippen LogP contribution in [-0.2, 0) is 13.1 Å². The minimum absolute atomic E-state index is 0.232. The molecule has 0 saturated carbocycles. The topological polar surface area (TPSA) is 77.4 Å². The van der Waals surface area contributed by atoms with E-state index in [0.717, 1.165) is 28.4 Å². The molecule has 138 valence electrons. The standard InChI is InChI=1S/C20H20N4O3/c1-14-21-8-9-24(14)17-5-3-2-4-16(17)12-23-20(25)22-11-15-6-7-18-19(10-15)27-13-26-18/h2-10H,11-13H2,1H3,(H2,22,23,25). The monoisotopic (exact) mass is 364 g/mol. The Morgan fingerprint density at radius 1 is 1.11 bits per heavy atom. The van der Waals surface area contributed by atoms with Gasteiger partial charge in [0.1, 0.15) is 5.82 Å². The number of benzene rings is 2. The molecule has 0 spiro atoms. The minimum Gasteiger partial charge on any atom is -0.454 e. The van der Waals surface area contributed by atoms with Crippen LogP contribution < -0.4 is 20.1 Å². The molecule has 2 aromatic carbocycles. The molecule has 0 unspecified atom stereocenters. The van der Waals surface area contributed by atoms with Crippen LogP contribution >= 0.6 is 0 Å². The van der Waals surface area contributed by atoms with Gasteiger partial charge < -0.3 is 24.7 Å². The van der Waals surface area contributed by atoms with E-state index in [1.165, 1.54) is 0 Å². The third kappa shape index (κ3) is 3.72. The average molecular weight is 364 g/mol. The summed E-state index contributed by atoms with van der Waals surface area (Å²) in [6, 6.07) is 13.3. The summed E-state index contributed by atoms with van der Waals surface area (Å²) >= 11 is 0. The van der Waals surface area contributed by atoms with Gasteiger partial charge in [-0.25, -0.2) is 9.78 Å². The van der Waals surface area contributed by atoms with Crippen LogP contribution in [0, 0.1) is 6.92 Å². The largest absolute Gasteiger partial charge is 0.454 e. The van der Waals surface area contributed by atoms with E-state index >= 15 is 0 Å². The number of aromatic nitrogens is 2. The van der Waals surface area contributed by atoms with Gasteiger partial charge in [0.05, 0.1) is 5.69 Å². The quantitative estimate of drug-likeness (QED) is 0.730. The number of amides is 2. The first kappa shape index (κ1) is 17.0. The van der Waals surface area contributed by atoms with Crippen LogP contribution in [0.1, 0.15) is 17.0 Å². The van der Waals surface area contributed by atoms with Crippen molar-refractivity contribution < 1.29 is 14.3 Å². The highest BCUT2D eigenvalue weighted by atomic mass is 16.7. The Bertz CT molecular complexity index is 967. The van der Waals surface area contributed by atoms with E-state index in [2.05, 4.69) is 15.6 Å². The molecule has 0 aliphatic carbocycles. The van der Waals surface area contributed by atoms with Crippen LogP contribution in [0.15, 0.2) is 54.9 Å². The lowest BCUT2D eigenvalue weighted by Crippen LogP contribution is -2.34. The molecular formula is C20H20N4O3. The summed E-state index contributed by atoms with van der Waals surface area (Å²) in [7, 11) is 0. The molecule has 0 bridgehead atoms. The number of urea groups is 1. The van der Waals surface area contributed by atoms with Crippen molar-refractivity contribution in [3.63, 3.8) is 0 Å². The van der Waals surface area contributed by atoms with Crippen LogP contribution in [-0.4, -0.2) is 22.4 Å². The van der Waals surface area contributed by atoms with Gasteiger partial charge in [-0.15, -0.1) is 0 Å². The highest BCUT2D eigenvalue weighted by Crippen LogP contribution is 2.32. The fourth-order valence-corrected chi connectivity index (χ4v) is 3.00. The average Bonchev–Trinajstić information content (AvgIpc) is 3.33. The molecule has 27 heavy (non-hydrogen) atoms. The number of hydrogen-bond donors (Lipinski definition) is 2. The zero-order valence-corrected chi connectivity index (χ0v) is 14.9. The first-order chi connectivity index (χ1) is 13.2. The van der Waals surface area contributed by atoms with Crippen molar-refractivity contribution in [2.24, 2.45) is 0 Å². The second-order valence-corrected chi connectivity index (χ2v) is 6.20. The second-order valence-electron chi connectivity index (χ2n) is 6.20. The van der Waals surface area contributed by atoms with Gasteiger partial charge in [-0.1, -0.05) is 24.3 Å². The molecule has 3 aromatic rings. The maximum absolute atomic E-state index is 12.2. The smallest absolute Gasteiger partial charge is 0.315 e. The van der Waals surface area contributed by atoms with E-state index < -0.39 is 0 Å². The van der Waals surface area contributed by atoms with Crippen molar-refractivity contribution in [2.45, 2.75) is 20.0 Å². The van der Waals surface area contributed by atoms with Crippen LogP contribution in [0.5, 0.6) is 11.5 Å². The second kappa shape index (κ2) is 7.41. The predicted molar refractivity (Wildman–Crippen MR) is 99.9 cm³/mol. The first-order valence-electron chi connectivity index (χ1n) is 8.69. The van der Waals surface area contributed by atoms with Gasteiger partial charge in [-0.05, 0) is 36.2 Å². The number of aryl methyl sites for hydroxylation is 1. The number of nitrogens with zero attached hydrogens (tertiary/aromatic N) is 2. The molecule has 0 atom stereocenters. The number of fused-ring (bicyclic) bond motifs is 1. The van der Waals surface area contributed by atoms with Gasteiger partial charge in [0.15, 0.2) is 11.5 Å². The zero-order valence-electron chi connectivity index (χ0n) is 14.9. The number of rotatable bonds is 5. The molecule has 2 N–H and O–H groups in total. The van der Waals surface area contributed by atoms with Crippen molar-refractivity contribution in [3.05, 3.63) is 71.8 Å². The SMILES string of the molecule is Cc1nccn1-c1ccccc1CNC(=O)NCc1ccc2c(c1)OCO2. The fraction of sp³-hybridized carbons (Fsp3) is 0.200. The van der Waals surface area contributed by atoms with E-state index in [0.29, 0.717) is 18.8 Å². The van der Waals surface area contributed by atoms with E-state index in [-0.39, 0.29) is 12.8 Å². The van der Waals surface area contributed by atoms with E-state index in [4.69, 9.17) is 9.47 Å². The van der Waals surface area contributed by atoms with Gasteiger partial charge in [-0.2, -0.15) is 0 Å². The Kier molecular flexibility index (Phi) is 4.65. The lowest BCUT2D eigenvalue weighted by molar-refractivity contribution is 0.174. The summed E-state index contributed by atoms with van der Waals surface area (Å²) in [6.07, 6.45) is 3.67. The molecule has 0 radical (unpaired) electrons. The Morgan fingerprint density at radius 3 is 2.78 bits per heavy atom. The summed E-state index contributed by atoms with van der Waals surface area (Å²) in [5, 5.41) is 5.76. The zero-order chi connectivity index (χ0) is 18.6. The van der Waals surface area contributed by atoms with Crippen molar-refractivity contribution in [2.75, 3.05) is 6.79 Å².